The van der Waals surface area contributed by atoms with E-state index in [-0.39, 0.29) is 23.3 Å². The molecule has 11 heteroatoms. The molecule has 1 aromatic heterocycles. The zero-order chi connectivity index (χ0) is 22.2. The van der Waals surface area contributed by atoms with E-state index in [1.807, 2.05) is 24.3 Å². The number of methoxy groups -OCH3 is 1. The van der Waals surface area contributed by atoms with Gasteiger partial charge in [0.05, 0.1) is 13.4 Å². The molecule has 3 unspecified atom stereocenters. The van der Waals surface area contributed by atoms with Gasteiger partial charge >= 0.3 is 0 Å². The van der Waals surface area contributed by atoms with Gasteiger partial charge in [-0.25, -0.2) is 18.1 Å². The van der Waals surface area contributed by atoms with Crippen LogP contribution < -0.4 is 14.8 Å². The molecular formula is C20H25N5O5S. The lowest BCUT2D eigenvalue weighted by Crippen LogP contribution is -2.67. The molecule has 0 spiro atoms. The Morgan fingerprint density at radius 3 is 2.65 bits per heavy atom. The van der Waals surface area contributed by atoms with Crippen LogP contribution in [0.15, 0.2) is 41.8 Å². The molecule has 4 rings (SSSR count). The quantitative estimate of drug-likeness (QED) is 0.633. The van der Waals surface area contributed by atoms with Gasteiger partial charge in [0.15, 0.2) is 5.03 Å². The molecule has 3 heterocycles. The number of piperidine rings is 1. The maximum Gasteiger partial charge on any atom is 0.259 e. The van der Waals surface area contributed by atoms with Crippen LogP contribution in [0.1, 0.15) is 18.4 Å². The first-order valence-corrected chi connectivity index (χ1v) is 11.5. The van der Waals surface area contributed by atoms with E-state index in [4.69, 9.17) is 4.74 Å². The number of carbonyl (C=O) groups is 2. The molecule has 1 aromatic carbocycles. The van der Waals surface area contributed by atoms with Gasteiger partial charge in [0.25, 0.3) is 10.0 Å². The Balaban J connectivity index is 1.41. The average Bonchev–Trinajstić information content (AvgIpc) is 3.19. The Kier molecular flexibility index (Phi) is 5.71. The summed E-state index contributed by atoms with van der Waals surface area (Å²) in [6, 6.07) is 5.57. The summed E-state index contributed by atoms with van der Waals surface area (Å²) in [6.07, 6.45) is 3.86. The number of benzene rings is 1. The molecule has 2 amide bonds. The number of piperazine rings is 1. The summed E-state index contributed by atoms with van der Waals surface area (Å²) in [4.78, 5) is 31.2. The van der Waals surface area contributed by atoms with E-state index < -0.39 is 28.1 Å². The van der Waals surface area contributed by atoms with Crippen molar-refractivity contribution in [1.82, 2.24) is 24.5 Å². The Morgan fingerprint density at radius 2 is 2.00 bits per heavy atom. The maximum atomic E-state index is 13.0. The number of imidazole rings is 1. The number of nitrogens with one attached hydrogen (secondary N) is 2. The summed E-state index contributed by atoms with van der Waals surface area (Å²) in [5.41, 5.74) is 0.913. The molecule has 0 saturated carbocycles. The molecule has 2 aromatic rings. The molecule has 31 heavy (non-hydrogen) atoms. The minimum atomic E-state index is -3.79. The van der Waals surface area contributed by atoms with Crippen molar-refractivity contribution in [2.75, 3.05) is 13.7 Å². The zero-order valence-electron chi connectivity index (χ0n) is 17.3. The molecule has 10 nitrogen and oxygen atoms in total. The van der Waals surface area contributed by atoms with Gasteiger partial charge in [-0.2, -0.15) is 0 Å². The van der Waals surface area contributed by atoms with Crippen LogP contribution >= 0.6 is 0 Å². The predicted molar refractivity (Wildman–Crippen MR) is 111 cm³/mol. The van der Waals surface area contributed by atoms with Gasteiger partial charge in [0.2, 0.25) is 11.8 Å². The first-order chi connectivity index (χ1) is 14.8. The summed E-state index contributed by atoms with van der Waals surface area (Å²) in [5.74, 6) is 0.310. The number of hydrogen-bond donors (Lipinski definition) is 2. The van der Waals surface area contributed by atoms with Gasteiger partial charge in [-0.15, -0.1) is 0 Å². The third kappa shape index (κ3) is 4.42. The van der Waals surface area contributed by atoms with Crippen molar-refractivity contribution in [3.63, 3.8) is 0 Å². The predicted octanol–water partition coefficient (Wildman–Crippen LogP) is -0.192. The smallest absolute Gasteiger partial charge is 0.259 e. The lowest BCUT2D eigenvalue weighted by Gasteiger charge is -2.44. The molecule has 0 aliphatic carbocycles. The number of nitrogens with zero attached hydrogens (tertiary/aromatic N) is 3. The SMILES string of the molecule is COc1ccc(CC2NC(=O)C3CC(NS(=O)(=O)c4cn(C)cn4)CCN3C2=O)cc1. The van der Waals surface area contributed by atoms with Crippen molar-refractivity contribution in [2.24, 2.45) is 7.05 Å². The van der Waals surface area contributed by atoms with E-state index in [2.05, 4.69) is 15.0 Å². The fraction of sp³-hybridized carbons (Fsp3) is 0.450. The number of rotatable bonds is 6. The second-order valence-electron chi connectivity index (χ2n) is 7.88. The molecule has 0 radical (unpaired) electrons. The number of aromatic nitrogens is 2. The van der Waals surface area contributed by atoms with Crippen LogP contribution in [-0.2, 0) is 33.1 Å². The third-order valence-electron chi connectivity index (χ3n) is 5.68. The molecule has 3 atom stereocenters. The standard InChI is InChI=1S/C20H25N5O5S/c1-24-11-18(21-12-24)31(28,29)23-14-7-8-25-17(10-14)19(26)22-16(20(25)27)9-13-3-5-15(30-2)6-4-13/h3-6,11-12,14,16-17,23H,7-10H2,1-2H3,(H,22,26). The number of sulfonamides is 1. The van der Waals surface area contributed by atoms with Crippen molar-refractivity contribution in [3.05, 3.63) is 42.4 Å². The maximum absolute atomic E-state index is 13.0. The van der Waals surface area contributed by atoms with Crippen molar-refractivity contribution in [2.45, 2.75) is 42.4 Å². The number of ether oxygens (including phenoxy) is 1. The Morgan fingerprint density at radius 1 is 1.26 bits per heavy atom. The Labute approximate surface area is 180 Å². The monoisotopic (exact) mass is 447 g/mol. The number of fused-ring (bicyclic) bond motifs is 1. The van der Waals surface area contributed by atoms with Gasteiger partial charge in [-0.05, 0) is 30.5 Å². The fourth-order valence-corrected chi connectivity index (χ4v) is 5.32. The summed E-state index contributed by atoms with van der Waals surface area (Å²) < 4.78 is 34.4. The highest BCUT2D eigenvalue weighted by Gasteiger charge is 2.44. The summed E-state index contributed by atoms with van der Waals surface area (Å²) in [6.45, 7) is 0.311. The van der Waals surface area contributed by atoms with Crippen LogP contribution in [0.25, 0.3) is 0 Å². The first-order valence-electron chi connectivity index (χ1n) is 10.0. The van der Waals surface area contributed by atoms with Crippen LogP contribution in [-0.4, -0.2) is 66.5 Å². The third-order valence-corrected chi connectivity index (χ3v) is 7.09. The lowest BCUT2D eigenvalue weighted by molar-refractivity contribution is -0.151. The molecule has 2 N–H and O–H groups in total. The highest BCUT2D eigenvalue weighted by molar-refractivity contribution is 7.89. The van der Waals surface area contributed by atoms with E-state index in [0.29, 0.717) is 19.4 Å². The second kappa shape index (κ2) is 8.31. The molecule has 2 aliphatic rings. The summed E-state index contributed by atoms with van der Waals surface area (Å²) >= 11 is 0. The number of carbonyl (C=O) groups excluding carboxylic acids is 2. The highest BCUT2D eigenvalue weighted by atomic mass is 32.2. The fourth-order valence-electron chi connectivity index (χ4n) is 4.06. The van der Waals surface area contributed by atoms with Gasteiger partial charge in [-0.1, -0.05) is 12.1 Å². The number of amides is 2. The topological polar surface area (TPSA) is 123 Å². The van der Waals surface area contributed by atoms with Crippen LogP contribution in [0.2, 0.25) is 0 Å². The van der Waals surface area contributed by atoms with Gasteiger partial charge in [0.1, 0.15) is 17.8 Å². The van der Waals surface area contributed by atoms with Crippen molar-refractivity contribution in [3.8, 4) is 5.75 Å². The van der Waals surface area contributed by atoms with Crippen LogP contribution in [0.3, 0.4) is 0 Å². The van der Waals surface area contributed by atoms with Crippen molar-refractivity contribution < 1.29 is 22.7 Å². The Hall–Kier alpha value is -2.92. The molecule has 2 aliphatic heterocycles. The highest BCUT2D eigenvalue weighted by Crippen LogP contribution is 2.25. The van der Waals surface area contributed by atoms with E-state index in [1.165, 1.54) is 12.5 Å². The number of hydrogen-bond acceptors (Lipinski definition) is 6. The average molecular weight is 448 g/mol. The minimum absolute atomic E-state index is 0.0684. The largest absolute Gasteiger partial charge is 0.497 e. The zero-order valence-corrected chi connectivity index (χ0v) is 18.1. The van der Waals surface area contributed by atoms with Crippen molar-refractivity contribution in [1.29, 1.82) is 0 Å². The van der Waals surface area contributed by atoms with Gasteiger partial charge < -0.3 is 19.5 Å². The van der Waals surface area contributed by atoms with Gasteiger partial charge in [-0.3, -0.25) is 9.59 Å². The molecule has 0 bridgehead atoms. The molecule has 166 valence electrons. The molecular weight excluding hydrogens is 422 g/mol. The lowest BCUT2D eigenvalue weighted by atomic mass is 9.92. The van der Waals surface area contributed by atoms with Gasteiger partial charge in [0, 0.05) is 32.3 Å². The molecule has 2 saturated heterocycles. The normalized spacial score (nSPS) is 23.9. The Bertz CT molecular complexity index is 1080. The number of aryl methyl sites for hydroxylation is 1. The summed E-state index contributed by atoms with van der Waals surface area (Å²) in [7, 11) is -0.524. The molecule has 2 fully saturated rings. The van der Waals surface area contributed by atoms with E-state index in [1.54, 1.807) is 23.6 Å². The minimum Gasteiger partial charge on any atom is -0.497 e. The second-order valence-corrected chi connectivity index (χ2v) is 9.54. The van der Waals surface area contributed by atoms with E-state index in [0.717, 1.165) is 11.3 Å². The first kappa shape index (κ1) is 21.3. The van der Waals surface area contributed by atoms with Crippen molar-refractivity contribution >= 4 is 21.8 Å². The van der Waals surface area contributed by atoms with Crippen LogP contribution in [0.5, 0.6) is 5.75 Å². The van der Waals surface area contributed by atoms with Crippen LogP contribution in [0, 0.1) is 0 Å². The summed E-state index contributed by atoms with van der Waals surface area (Å²) in [5, 5.41) is 2.74. The van der Waals surface area contributed by atoms with E-state index in [9.17, 15) is 18.0 Å². The van der Waals surface area contributed by atoms with Crippen LogP contribution in [0.4, 0.5) is 0 Å². The van der Waals surface area contributed by atoms with E-state index >= 15 is 0 Å².